The van der Waals surface area contributed by atoms with Gasteiger partial charge in [-0.1, -0.05) is 12.8 Å². The number of carbonyl (C=O) groups excluding carboxylic acids is 4. The van der Waals surface area contributed by atoms with Crippen molar-refractivity contribution in [3.63, 3.8) is 0 Å². The van der Waals surface area contributed by atoms with Gasteiger partial charge in [0.2, 0.25) is 11.8 Å². The smallest absolute Gasteiger partial charge is 0.326 e. The third kappa shape index (κ3) is 4.22. The van der Waals surface area contributed by atoms with E-state index in [0.29, 0.717) is 18.5 Å². The van der Waals surface area contributed by atoms with Gasteiger partial charge in [0.1, 0.15) is 6.54 Å². The highest BCUT2D eigenvalue weighted by molar-refractivity contribution is 14.1. The first-order chi connectivity index (χ1) is 12.5. The van der Waals surface area contributed by atoms with Gasteiger partial charge in [0.25, 0.3) is 5.91 Å². The van der Waals surface area contributed by atoms with Crippen molar-refractivity contribution in [1.82, 2.24) is 4.90 Å². The second-order valence-electron chi connectivity index (χ2n) is 6.48. The van der Waals surface area contributed by atoms with Crippen molar-refractivity contribution < 1.29 is 23.9 Å². The Morgan fingerprint density at radius 3 is 2.23 bits per heavy atom. The molecule has 0 bridgehead atoms. The van der Waals surface area contributed by atoms with Crippen LogP contribution >= 0.6 is 22.6 Å². The molecule has 7 nitrogen and oxygen atoms in total. The summed E-state index contributed by atoms with van der Waals surface area (Å²) in [6, 6.07) is 7.16. The van der Waals surface area contributed by atoms with Crippen molar-refractivity contribution in [3.8, 4) is 0 Å². The molecule has 0 spiro atoms. The van der Waals surface area contributed by atoms with Crippen LogP contribution in [0, 0.1) is 15.4 Å². The molecule has 1 aromatic rings. The first kappa shape index (κ1) is 18.8. The predicted octanol–water partition coefficient (Wildman–Crippen LogP) is 1.95. The number of nitrogens with one attached hydrogen (secondary N) is 1. The molecule has 26 heavy (non-hydrogen) atoms. The average molecular weight is 470 g/mol. The molecule has 1 aromatic carbocycles. The first-order valence-corrected chi connectivity index (χ1v) is 9.60. The average Bonchev–Trinajstić information content (AvgIpc) is 2.87. The molecule has 1 saturated carbocycles. The Hall–Kier alpha value is -1.97. The number of amides is 3. The third-order valence-corrected chi connectivity index (χ3v) is 5.43. The van der Waals surface area contributed by atoms with Gasteiger partial charge in [0.15, 0.2) is 6.61 Å². The topological polar surface area (TPSA) is 92.8 Å². The highest BCUT2D eigenvalue weighted by Crippen LogP contribution is 2.37. The zero-order chi connectivity index (χ0) is 18.7. The molecule has 1 N–H and O–H groups in total. The van der Waals surface area contributed by atoms with Gasteiger partial charge in [-0.2, -0.15) is 0 Å². The Bertz CT molecular complexity index is 710. The maximum atomic E-state index is 12.3. The summed E-state index contributed by atoms with van der Waals surface area (Å²) >= 11 is 2.15. The zero-order valence-electron chi connectivity index (χ0n) is 14.1. The minimum atomic E-state index is -0.761. The van der Waals surface area contributed by atoms with Crippen LogP contribution in [0.3, 0.4) is 0 Å². The fourth-order valence-electron chi connectivity index (χ4n) is 3.44. The molecule has 3 amide bonds. The number of hydrogen-bond acceptors (Lipinski definition) is 5. The van der Waals surface area contributed by atoms with E-state index in [1.807, 2.05) is 12.1 Å². The Morgan fingerprint density at radius 2 is 1.65 bits per heavy atom. The monoisotopic (exact) mass is 470 g/mol. The van der Waals surface area contributed by atoms with Crippen molar-refractivity contribution >= 4 is 52.0 Å². The molecule has 8 heteroatoms. The molecule has 1 aliphatic carbocycles. The van der Waals surface area contributed by atoms with E-state index in [1.165, 1.54) is 0 Å². The van der Waals surface area contributed by atoms with Crippen LogP contribution in [0.15, 0.2) is 24.3 Å². The van der Waals surface area contributed by atoms with Crippen LogP contribution in [-0.2, 0) is 23.9 Å². The van der Waals surface area contributed by atoms with E-state index >= 15 is 0 Å². The van der Waals surface area contributed by atoms with Gasteiger partial charge in [-0.3, -0.25) is 24.1 Å². The van der Waals surface area contributed by atoms with Crippen molar-refractivity contribution in [2.45, 2.75) is 25.7 Å². The third-order valence-electron chi connectivity index (χ3n) is 4.71. The summed E-state index contributed by atoms with van der Waals surface area (Å²) in [5.41, 5.74) is 0.598. The summed E-state index contributed by atoms with van der Waals surface area (Å²) in [5.74, 6) is -2.42. The molecular weight excluding hydrogens is 451 g/mol. The number of hydrogen-bond donors (Lipinski definition) is 1. The molecule has 0 unspecified atom stereocenters. The number of nitrogens with zero attached hydrogens (tertiary/aromatic N) is 1. The van der Waals surface area contributed by atoms with E-state index in [2.05, 4.69) is 27.9 Å². The van der Waals surface area contributed by atoms with Gasteiger partial charge < -0.3 is 10.1 Å². The van der Waals surface area contributed by atoms with Crippen molar-refractivity contribution in [1.29, 1.82) is 0 Å². The van der Waals surface area contributed by atoms with Gasteiger partial charge in [-0.15, -0.1) is 0 Å². The van der Waals surface area contributed by atoms with Gasteiger partial charge in [-0.25, -0.2) is 0 Å². The molecular formula is C18H19IN2O5. The molecule has 1 saturated heterocycles. The van der Waals surface area contributed by atoms with Crippen LogP contribution in [0.4, 0.5) is 5.69 Å². The lowest BCUT2D eigenvalue weighted by atomic mass is 9.81. The van der Waals surface area contributed by atoms with Crippen LogP contribution in [0.2, 0.25) is 0 Å². The standard InChI is InChI=1S/C18H19IN2O5/c19-11-5-7-12(8-6-11)20-15(22)10-26-16(23)9-21-17(24)13-3-1-2-4-14(13)18(21)25/h5-8,13-14H,1-4,9-10H2,(H,20,22)/t13-,14+. The number of halogens is 1. The molecule has 138 valence electrons. The SMILES string of the molecule is O=C(COC(=O)CN1C(=O)[C@H]2CCCC[C@H]2C1=O)Nc1ccc(I)cc1. The summed E-state index contributed by atoms with van der Waals surface area (Å²) in [7, 11) is 0. The maximum absolute atomic E-state index is 12.3. The molecule has 2 atom stereocenters. The van der Waals surface area contributed by atoms with Gasteiger partial charge in [0, 0.05) is 9.26 Å². The highest BCUT2D eigenvalue weighted by atomic mass is 127. The Balaban J connectivity index is 1.48. The number of anilines is 1. The number of imide groups is 1. The summed E-state index contributed by atoms with van der Waals surface area (Å²) < 4.78 is 5.95. The van der Waals surface area contributed by atoms with E-state index in [1.54, 1.807) is 12.1 Å². The number of likely N-dealkylation sites (tertiary alicyclic amines) is 1. The first-order valence-electron chi connectivity index (χ1n) is 8.52. The lowest BCUT2D eigenvalue weighted by Gasteiger charge is -2.19. The van der Waals surface area contributed by atoms with Crippen LogP contribution in [0.25, 0.3) is 0 Å². The van der Waals surface area contributed by atoms with E-state index < -0.39 is 25.0 Å². The highest BCUT2D eigenvalue weighted by Gasteiger charge is 2.48. The van der Waals surface area contributed by atoms with Gasteiger partial charge in [-0.05, 0) is 59.7 Å². The summed E-state index contributed by atoms with van der Waals surface area (Å²) in [5, 5.41) is 2.61. The maximum Gasteiger partial charge on any atom is 0.326 e. The van der Waals surface area contributed by atoms with Gasteiger partial charge in [0.05, 0.1) is 11.8 Å². The Kier molecular flexibility index (Phi) is 5.90. The molecule has 1 heterocycles. The van der Waals surface area contributed by atoms with Crippen molar-refractivity contribution in [2.24, 2.45) is 11.8 Å². The van der Waals surface area contributed by atoms with Crippen LogP contribution in [0.1, 0.15) is 25.7 Å². The summed E-state index contributed by atoms with van der Waals surface area (Å²) in [4.78, 5) is 49.4. The van der Waals surface area contributed by atoms with E-state index in [0.717, 1.165) is 21.3 Å². The molecule has 1 aliphatic heterocycles. The Labute approximate surface area is 164 Å². The molecule has 0 radical (unpaired) electrons. The van der Waals surface area contributed by atoms with Crippen molar-refractivity contribution in [2.75, 3.05) is 18.5 Å². The minimum absolute atomic E-state index is 0.292. The number of benzene rings is 1. The minimum Gasteiger partial charge on any atom is -0.454 e. The number of rotatable bonds is 5. The fourth-order valence-corrected chi connectivity index (χ4v) is 3.80. The Morgan fingerprint density at radius 1 is 1.08 bits per heavy atom. The summed E-state index contributed by atoms with van der Waals surface area (Å²) in [6.07, 6.45) is 3.24. The van der Waals surface area contributed by atoms with E-state index in [9.17, 15) is 19.2 Å². The lowest BCUT2D eigenvalue weighted by Crippen LogP contribution is -2.37. The van der Waals surface area contributed by atoms with Crippen LogP contribution in [-0.4, -0.2) is 41.7 Å². The van der Waals surface area contributed by atoms with Crippen LogP contribution < -0.4 is 5.32 Å². The normalized spacial score (nSPS) is 22.1. The second-order valence-corrected chi connectivity index (χ2v) is 7.72. The second kappa shape index (κ2) is 8.15. The molecule has 2 aliphatic rings. The number of carbonyl (C=O) groups is 4. The number of ether oxygens (including phenoxy) is 1. The molecule has 0 aromatic heterocycles. The fraction of sp³-hybridized carbons (Fsp3) is 0.444. The largest absolute Gasteiger partial charge is 0.454 e. The lowest BCUT2D eigenvalue weighted by molar-refractivity contribution is -0.154. The predicted molar refractivity (Wildman–Crippen MR) is 101 cm³/mol. The number of fused-ring (bicyclic) bond motifs is 1. The number of esters is 1. The van der Waals surface area contributed by atoms with E-state index in [4.69, 9.17) is 4.74 Å². The molecule has 3 rings (SSSR count). The van der Waals surface area contributed by atoms with Gasteiger partial charge >= 0.3 is 5.97 Å². The molecule has 2 fully saturated rings. The quantitative estimate of drug-likeness (QED) is 0.404. The zero-order valence-corrected chi connectivity index (χ0v) is 16.2. The van der Waals surface area contributed by atoms with Crippen molar-refractivity contribution in [3.05, 3.63) is 27.8 Å². The van der Waals surface area contributed by atoms with E-state index in [-0.39, 0.29) is 23.7 Å². The summed E-state index contributed by atoms with van der Waals surface area (Å²) in [6.45, 7) is -0.893. The van der Waals surface area contributed by atoms with Crippen LogP contribution in [0.5, 0.6) is 0 Å².